The largest absolute Gasteiger partial charge is 0.416 e. The van der Waals surface area contributed by atoms with Gasteiger partial charge >= 0.3 is 6.18 Å². The predicted molar refractivity (Wildman–Crippen MR) is 127 cm³/mol. The van der Waals surface area contributed by atoms with Gasteiger partial charge in [-0.15, -0.1) is 0 Å². The molecule has 0 spiro atoms. The average Bonchev–Trinajstić information content (AvgIpc) is 3.24. The Labute approximate surface area is 195 Å². The summed E-state index contributed by atoms with van der Waals surface area (Å²) in [5, 5.41) is 4.31. The first kappa shape index (κ1) is 22.4. The number of halogens is 3. The second kappa shape index (κ2) is 9.12. The van der Waals surface area contributed by atoms with Gasteiger partial charge in [0.15, 0.2) is 0 Å². The van der Waals surface area contributed by atoms with Crippen molar-refractivity contribution in [3.8, 4) is 0 Å². The maximum absolute atomic E-state index is 13.6. The number of carbonyl (C=O) groups excluding carboxylic acids is 1. The summed E-state index contributed by atoms with van der Waals surface area (Å²) in [4.78, 5) is 17.8. The predicted octanol–water partition coefficient (Wildman–Crippen LogP) is 6.57. The lowest BCUT2D eigenvalue weighted by atomic mass is 9.89. The number of aromatic nitrogens is 2. The third-order valence-electron chi connectivity index (χ3n) is 6.70. The third-order valence-corrected chi connectivity index (χ3v) is 6.70. The van der Waals surface area contributed by atoms with Gasteiger partial charge in [0.25, 0.3) is 5.91 Å². The maximum atomic E-state index is 13.6. The van der Waals surface area contributed by atoms with Crippen molar-refractivity contribution >= 4 is 27.7 Å². The first-order valence-electron chi connectivity index (χ1n) is 11.7. The van der Waals surface area contributed by atoms with Crippen molar-refractivity contribution in [3.05, 3.63) is 77.6 Å². The van der Waals surface area contributed by atoms with Crippen LogP contribution in [0.25, 0.3) is 21.8 Å². The Bertz CT molecular complexity index is 1340. The van der Waals surface area contributed by atoms with Crippen molar-refractivity contribution < 1.29 is 18.0 Å². The Morgan fingerprint density at radius 2 is 1.79 bits per heavy atom. The number of nitrogens with zero attached hydrogens (tertiary/aromatic N) is 2. The fourth-order valence-corrected chi connectivity index (χ4v) is 4.91. The highest BCUT2D eigenvalue weighted by molar-refractivity contribution is 6.06. The summed E-state index contributed by atoms with van der Waals surface area (Å²) >= 11 is 0. The number of benzene rings is 2. The van der Waals surface area contributed by atoms with E-state index < -0.39 is 17.6 Å². The Kier molecular flexibility index (Phi) is 6.02. The van der Waals surface area contributed by atoms with Crippen LogP contribution in [0.3, 0.4) is 0 Å². The Morgan fingerprint density at radius 1 is 1.00 bits per heavy atom. The Balaban J connectivity index is 1.50. The minimum atomic E-state index is -4.53. The molecule has 2 aromatic heterocycles. The molecule has 1 fully saturated rings. The second-order valence-corrected chi connectivity index (χ2v) is 9.11. The van der Waals surface area contributed by atoms with Crippen molar-refractivity contribution in [2.45, 2.75) is 44.8 Å². The number of carbonyl (C=O) groups is 1. The van der Waals surface area contributed by atoms with Crippen LogP contribution in [0.4, 0.5) is 13.2 Å². The van der Waals surface area contributed by atoms with Crippen LogP contribution in [0.2, 0.25) is 0 Å². The zero-order valence-electron chi connectivity index (χ0n) is 18.7. The highest BCUT2D eigenvalue weighted by Crippen LogP contribution is 2.34. The smallest absolute Gasteiger partial charge is 0.352 e. The minimum absolute atomic E-state index is 0.0476. The molecular formula is C27H26F3N3O. The molecule has 176 valence electrons. The van der Waals surface area contributed by atoms with Crippen LogP contribution in [0.15, 0.2) is 60.8 Å². The number of pyridine rings is 1. The Morgan fingerprint density at radius 3 is 2.59 bits per heavy atom. The molecule has 0 radical (unpaired) electrons. The lowest BCUT2D eigenvalue weighted by Gasteiger charge is -2.22. The summed E-state index contributed by atoms with van der Waals surface area (Å²) in [6.45, 7) is 0.839. The summed E-state index contributed by atoms with van der Waals surface area (Å²) in [6, 6.07) is 15.3. The van der Waals surface area contributed by atoms with E-state index in [1.54, 1.807) is 12.3 Å². The highest BCUT2D eigenvalue weighted by atomic mass is 19.4. The number of amides is 1. The lowest BCUT2D eigenvalue weighted by molar-refractivity contribution is -0.137. The van der Waals surface area contributed by atoms with Gasteiger partial charge in [-0.3, -0.25) is 9.78 Å². The first-order chi connectivity index (χ1) is 16.4. The molecule has 2 heterocycles. The Hall–Kier alpha value is -3.35. The number of para-hydroxylation sites is 1. The lowest BCUT2D eigenvalue weighted by Crippen LogP contribution is -2.31. The number of hydrogen-bond acceptors (Lipinski definition) is 2. The monoisotopic (exact) mass is 465 g/mol. The van der Waals surface area contributed by atoms with Crippen LogP contribution in [-0.4, -0.2) is 22.0 Å². The van der Waals surface area contributed by atoms with Crippen LogP contribution in [0.1, 0.15) is 53.7 Å². The zero-order chi connectivity index (χ0) is 23.7. The fraction of sp³-hybridized carbons (Fsp3) is 0.333. The molecule has 0 aliphatic heterocycles. The molecule has 7 heteroatoms. The minimum Gasteiger partial charge on any atom is -0.352 e. The number of nitrogens with one attached hydrogen (secondary N) is 1. The summed E-state index contributed by atoms with van der Waals surface area (Å²) in [7, 11) is 0. The first-order valence-corrected chi connectivity index (χ1v) is 11.7. The van der Waals surface area contributed by atoms with Crippen LogP contribution < -0.4 is 5.32 Å². The SMILES string of the molecule is O=C(NCC1CCCCC1)c1cc(C(F)(F)F)cc2ccn(Cc3ccc4ccccc4n3)c12. The molecule has 0 atom stereocenters. The molecule has 0 bridgehead atoms. The molecule has 5 rings (SSSR count). The van der Waals surface area contributed by atoms with Gasteiger partial charge in [-0.05, 0) is 49.1 Å². The van der Waals surface area contributed by atoms with E-state index in [1.165, 1.54) is 6.42 Å². The van der Waals surface area contributed by atoms with Crippen LogP contribution in [0, 0.1) is 5.92 Å². The fourth-order valence-electron chi connectivity index (χ4n) is 4.91. The average molecular weight is 466 g/mol. The van der Waals surface area contributed by atoms with Gasteiger partial charge in [0.2, 0.25) is 0 Å². The zero-order valence-corrected chi connectivity index (χ0v) is 18.7. The van der Waals surface area contributed by atoms with Gasteiger partial charge in [0.1, 0.15) is 0 Å². The van der Waals surface area contributed by atoms with E-state index in [-0.39, 0.29) is 5.56 Å². The van der Waals surface area contributed by atoms with Crippen LogP contribution >= 0.6 is 0 Å². The van der Waals surface area contributed by atoms with Gasteiger partial charge in [-0.1, -0.05) is 43.5 Å². The van der Waals surface area contributed by atoms with E-state index in [0.29, 0.717) is 29.9 Å². The molecule has 34 heavy (non-hydrogen) atoms. The van der Waals surface area contributed by atoms with Crippen molar-refractivity contribution in [1.82, 2.24) is 14.9 Å². The second-order valence-electron chi connectivity index (χ2n) is 9.11. The molecule has 4 aromatic rings. The van der Waals surface area contributed by atoms with E-state index in [2.05, 4.69) is 10.3 Å². The van der Waals surface area contributed by atoms with Gasteiger partial charge in [-0.25, -0.2) is 0 Å². The number of alkyl halides is 3. The summed E-state index contributed by atoms with van der Waals surface area (Å²) in [5.74, 6) is -0.0827. The topological polar surface area (TPSA) is 46.9 Å². The molecule has 1 amide bonds. The van der Waals surface area contributed by atoms with Crippen molar-refractivity contribution in [2.75, 3.05) is 6.54 Å². The van der Waals surface area contributed by atoms with Gasteiger partial charge in [0, 0.05) is 23.5 Å². The molecule has 4 nitrogen and oxygen atoms in total. The molecular weight excluding hydrogens is 439 g/mol. The van der Waals surface area contributed by atoms with Gasteiger partial charge < -0.3 is 9.88 Å². The normalized spacial score (nSPS) is 15.1. The van der Waals surface area contributed by atoms with Gasteiger partial charge in [0.05, 0.1) is 34.4 Å². The van der Waals surface area contributed by atoms with Crippen LogP contribution in [0.5, 0.6) is 0 Å². The van der Waals surface area contributed by atoms with Crippen molar-refractivity contribution in [3.63, 3.8) is 0 Å². The standard InChI is InChI=1S/C27H26F3N3O/c28-27(29,30)21-14-20-12-13-33(17-22-11-10-19-8-4-5-9-24(19)32-22)25(20)23(15-21)26(34)31-16-18-6-2-1-3-7-18/h4-5,8-15,18H,1-3,6-7,16-17H2,(H,31,34). The molecule has 0 saturated heterocycles. The number of hydrogen-bond donors (Lipinski definition) is 1. The summed E-state index contributed by atoms with van der Waals surface area (Å²) in [6.07, 6.45) is 2.75. The van der Waals surface area contributed by atoms with E-state index >= 15 is 0 Å². The van der Waals surface area contributed by atoms with Gasteiger partial charge in [-0.2, -0.15) is 13.2 Å². The molecule has 1 aliphatic rings. The summed E-state index contributed by atoms with van der Waals surface area (Å²) in [5.41, 5.74) is 1.34. The molecule has 1 N–H and O–H groups in total. The molecule has 1 saturated carbocycles. The van der Waals surface area contributed by atoms with Crippen LogP contribution in [-0.2, 0) is 12.7 Å². The quantitative estimate of drug-likeness (QED) is 0.363. The van der Waals surface area contributed by atoms with Crippen molar-refractivity contribution in [2.24, 2.45) is 5.92 Å². The number of rotatable bonds is 5. The number of fused-ring (bicyclic) bond motifs is 2. The molecule has 0 unspecified atom stereocenters. The van der Waals surface area contributed by atoms with E-state index in [0.717, 1.165) is 54.4 Å². The van der Waals surface area contributed by atoms with E-state index in [4.69, 9.17) is 0 Å². The van der Waals surface area contributed by atoms with E-state index in [1.807, 2.05) is 41.0 Å². The highest BCUT2D eigenvalue weighted by Gasteiger charge is 2.33. The molecule has 1 aliphatic carbocycles. The summed E-state index contributed by atoms with van der Waals surface area (Å²) < 4.78 is 42.6. The van der Waals surface area contributed by atoms with Crippen molar-refractivity contribution in [1.29, 1.82) is 0 Å². The van der Waals surface area contributed by atoms with E-state index in [9.17, 15) is 18.0 Å². The maximum Gasteiger partial charge on any atom is 0.416 e. The third kappa shape index (κ3) is 4.65. The molecule has 2 aromatic carbocycles.